The molecule has 0 saturated carbocycles. The van der Waals surface area contributed by atoms with E-state index in [4.69, 9.17) is 5.73 Å². The van der Waals surface area contributed by atoms with Crippen LogP contribution in [0.25, 0.3) is 0 Å². The van der Waals surface area contributed by atoms with Gasteiger partial charge in [0.1, 0.15) is 0 Å². The van der Waals surface area contributed by atoms with Gasteiger partial charge in [-0.25, -0.2) is 4.99 Å². The average molecular weight is 274 g/mol. The van der Waals surface area contributed by atoms with Crippen molar-refractivity contribution in [1.29, 1.82) is 0 Å². The Morgan fingerprint density at radius 1 is 1.45 bits per heavy atom. The molecule has 0 radical (unpaired) electrons. The number of benzene rings is 1. The molecule has 0 heterocycles. The van der Waals surface area contributed by atoms with Gasteiger partial charge < -0.3 is 16.0 Å². The summed E-state index contributed by atoms with van der Waals surface area (Å²) in [7, 11) is 0. The molecule has 0 aliphatic heterocycles. The van der Waals surface area contributed by atoms with Crippen molar-refractivity contribution in [3.05, 3.63) is 42.0 Å². The highest BCUT2D eigenvalue weighted by Crippen LogP contribution is 2.14. The van der Waals surface area contributed by atoms with Gasteiger partial charge in [-0.15, -0.1) is 0 Å². The molecular weight excluding hydrogens is 248 g/mol. The zero-order valence-corrected chi connectivity index (χ0v) is 12.8. The summed E-state index contributed by atoms with van der Waals surface area (Å²) in [6.07, 6.45) is 0. The highest BCUT2D eigenvalue weighted by atomic mass is 15.2. The number of rotatable bonds is 7. The molecule has 0 bridgehead atoms. The van der Waals surface area contributed by atoms with E-state index < -0.39 is 0 Å². The minimum absolute atomic E-state index is 0.480. The first-order valence-electron chi connectivity index (χ1n) is 7.02. The van der Waals surface area contributed by atoms with Crippen LogP contribution < -0.4 is 16.0 Å². The van der Waals surface area contributed by atoms with Crippen LogP contribution in [0.15, 0.2) is 41.4 Å². The van der Waals surface area contributed by atoms with Gasteiger partial charge in [-0.05, 0) is 38.5 Å². The molecule has 0 atom stereocenters. The van der Waals surface area contributed by atoms with Crippen LogP contribution in [0.4, 0.5) is 5.69 Å². The zero-order valence-electron chi connectivity index (χ0n) is 12.8. The number of nitrogens with zero attached hydrogens (tertiary/aromatic N) is 2. The third kappa shape index (κ3) is 5.78. The van der Waals surface area contributed by atoms with Crippen molar-refractivity contribution >= 4 is 11.6 Å². The Balaban J connectivity index is 2.46. The Labute approximate surface area is 122 Å². The number of nitrogens with two attached hydrogens (primary N) is 1. The highest BCUT2D eigenvalue weighted by Gasteiger charge is 2.03. The molecule has 0 amide bonds. The smallest absolute Gasteiger partial charge is 0.188 e. The summed E-state index contributed by atoms with van der Waals surface area (Å²) in [5.41, 5.74) is 9.31. The topological polar surface area (TPSA) is 53.6 Å². The van der Waals surface area contributed by atoms with Crippen molar-refractivity contribution in [2.45, 2.75) is 20.8 Å². The van der Waals surface area contributed by atoms with Gasteiger partial charge in [-0.1, -0.05) is 24.3 Å². The van der Waals surface area contributed by atoms with Gasteiger partial charge in [0, 0.05) is 25.3 Å². The largest absolute Gasteiger partial charge is 0.370 e. The van der Waals surface area contributed by atoms with E-state index in [1.807, 2.05) is 6.92 Å². The number of likely N-dealkylation sites (N-methyl/N-ethyl adjacent to an activating group) is 1. The SMILES string of the molecule is C=C(C)CN=C(N)NCCN(CC)c1cccc(C)c1. The molecular formula is C16H26N4. The minimum atomic E-state index is 0.480. The van der Waals surface area contributed by atoms with E-state index >= 15 is 0 Å². The third-order valence-corrected chi connectivity index (χ3v) is 2.96. The maximum atomic E-state index is 5.79. The Hall–Kier alpha value is -1.97. The number of hydrogen-bond donors (Lipinski definition) is 2. The van der Waals surface area contributed by atoms with Gasteiger partial charge in [0.15, 0.2) is 5.96 Å². The third-order valence-electron chi connectivity index (χ3n) is 2.96. The summed E-state index contributed by atoms with van der Waals surface area (Å²) in [6.45, 7) is 13.2. The lowest BCUT2D eigenvalue weighted by Crippen LogP contribution is -2.38. The Kier molecular flexibility index (Phi) is 6.64. The number of aliphatic imine (C=N–C) groups is 1. The first-order chi connectivity index (χ1) is 9.52. The number of anilines is 1. The second-order valence-corrected chi connectivity index (χ2v) is 5.00. The molecule has 0 saturated heterocycles. The first-order valence-corrected chi connectivity index (χ1v) is 7.02. The second kappa shape index (κ2) is 8.25. The number of hydrogen-bond acceptors (Lipinski definition) is 2. The van der Waals surface area contributed by atoms with E-state index in [9.17, 15) is 0 Å². The van der Waals surface area contributed by atoms with E-state index in [1.165, 1.54) is 11.3 Å². The number of nitrogens with one attached hydrogen (secondary N) is 1. The summed E-state index contributed by atoms with van der Waals surface area (Å²) in [6, 6.07) is 8.53. The lowest BCUT2D eigenvalue weighted by Gasteiger charge is -2.23. The average Bonchev–Trinajstić information content (AvgIpc) is 2.41. The first kappa shape index (κ1) is 16.1. The van der Waals surface area contributed by atoms with Gasteiger partial charge in [0.25, 0.3) is 0 Å². The summed E-state index contributed by atoms with van der Waals surface area (Å²) in [5.74, 6) is 0.480. The van der Waals surface area contributed by atoms with Crippen LogP contribution in [0.5, 0.6) is 0 Å². The molecule has 3 N–H and O–H groups in total. The molecule has 110 valence electrons. The van der Waals surface area contributed by atoms with Crippen LogP contribution >= 0.6 is 0 Å². The van der Waals surface area contributed by atoms with Crippen LogP contribution in [-0.2, 0) is 0 Å². The van der Waals surface area contributed by atoms with Crippen molar-refractivity contribution < 1.29 is 0 Å². The second-order valence-electron chi connectivity index (χ2n) is 5.00. The summed E-state index contributed by atoms with van der Waals surface area (Å²) in [4.78, 5) is 6.51. The van der Waals surface area contributed by atoms with E-state index in [1.54, 1.807) is 0 Å². The minimum Gasteiger partial charge on any atom is -0.370 e. The summed E-state index contributed by atoms with van der Waals surface area (Å²) < 4.78 is 0. The summed E-state index contributed by atoms with van der Waals surface area (Å²) >= 11 is 0. The Morgan fingerprint density at radius 3 is 2.80 bits per heavy atom. The molecule has 0 aromatic heterocycles. The van der Waals surface area contributed by atoms with Crippen LogP contribution in [0.1, 0.15) is 19.4 Å². The Bertz CT molecular complexity index is 465. The lowest BCUT2D eigenvalue weighted by atomic mass is 10.2. The molecule has 1 rings (SSSR count). The van der Waals surface area contributed by atoms with Crippen LogP contribution in [-0.4, -0.2) is 32.1 Å². The fourth-order valence-electron chi connectivity index (χ4n) is 1.89. The predicted molar refractivity (Wildman–Crippen MR) is 88.4 cm³/mol. The fraction of sp³-hybridized carbons (Fsp3) is 0.438. The van der Waals surface area contributed by atoms with Crippen molar-refractivity contribution in [3.63, 3.8) is 0 Å². The van der Waals surface area contributed by atoms with Crippen LogP contribution in [0, 0.1) is 6.92 Å². The van der Waals surface area contributed by atoms with Gasteiger partial charge in [-0.2, -0.15) is 0 Å². The van der Waals surface area contributed by atoms with Crippen molar-refractivity contribution in [2.24, 2.45) is 10.7 Å². The maximum Gasteiger partial charge on any atom is 0.188 e. The van der Waals surface area contributed by atoms with Crippen LogP contribution in [0.2, 0.25) is 0 Å². The molecule has 0 fully saturated rings. The fourth-order valence-corrected chi connectivity index (χ4v) is 1.89. The quantitative estimate of drug-likeness (QED) is 0.456. The molecule has 0 aliphatic rings. The Morgan fingerprint density at radius 2 is 2.20 bits per heavy atom. The molecule has 4 nitrogen and oxygen atoms in total. The number of guanidine groups is 1. The van der Waals surface area contributed by atoms with Crippen molar-refractivity contribution in [3.8, 4) is 0 Å². The van der Waals surface area contributed by atoms with Crippen molar-refractivity contribution in [1.82, 2.24) is 5.32 Å². The van der Waals surface area contributed by atoms with E-state index in [-0.39, 0.29) is 0 Å². The van der Waals surface area contributed by atoms with Gasteiger partial charge >= 0.3 is 0 Å². The van der Waals surface area contributed by atoms with E-state index in [0.717, 1.165) is 25.2 Å². The van der Waals surface area contributed by atoms with Crippen LogP contribution in [0.3, 0.4) is 0 Å². The standard InChI is InChI=1S/C16H26N4/c1-5-20(15-8-6-7-14(4)11-15)10-9-18-16(17)19-12-13(2)3/h6-8,11H,2,5,9-10,12H2,1,3-4H3,(H3,17,18,19). The highest BCUT2D eigenvalue weighted by molar-refractivity contribution is 5.77. The molecule has 0 spiro atoms. The van der Waals surface area contributed by atoms with Gasteiger partial charge in [0.05, 0.1) is 6.54 Å². The normalized spacial score (nSPS) is 11.2. The molecule has 20 heavy (non-hydrogen) atoms. The lowest BCUT2D eigenvalue weighted by molar-refractivity contribution is 0.771. The van der Waals surface area contributed by atoms with Crippen molar-refractivity contribution in [2.75, 3.05) is 31.1 Å². The van der Waals surface area contributed by atoms with E-state index in [2.05, 4.69) is 59.9 Å². The summed E-state index contributed by atoms with van der Waals surface area (Å²) in [5, 5.41) is 3.13. The van der Waals surface area contributed by atoms with Gasteiger partial charge in [0.2, 0.25) is 0 Å². The van der Waals surface area contributed by atoms with E-state index in [0.29, 0.717) is 12.5 Å². The monoisotopic (exact) mass is 274 g/mol. The molecule has 1 aromatic rings. The zero-order chi connectivity index (χ0) is 15.0. The van der Waals surface area contributed by atoms with Gasteiger partial charge in [-0.3, -0.25) is 0 Å². The maximum absolute atomic E-state index is 5.79. The molecule has 0 aliphatic carbocycles. The molecule has 4 heteroatoms. The molecule has 1 aromatic carbocycles. The molecule has 0 unspecified atom stereocenters. The predicted octanol–water partition coefficient (Wildman–Crippen LogP) is 2.30. The number of aryl methyl sites for hydroxylation is 1.